The number of carbonyl (C=O) groups excluding carboxylic acids is 1. The fourth-order valence-corrected chi connectivity index (χ4v) is 2.09. The highest BCUT2D eigenvalue weighted by atomic mass is 32.2. The van der Waals surface area contributed by atoms with Crippen molar-refractivity contribution in [1.29, 1.82) is 0 Å². The van der Waals surface area contributed by atoms with Gasteiger partial charge in [-0.15, -0.1) is 0 Å². The van der Waals surface area contributed by atoms with Gasteiger partial charge in [0.05, 0.1) is 5.75 Å². The molecule has 1 aromatic rings. The molecule has 0 spiro atoms. The Kier molecular flexibility index (Phi) is 6.12. The lowest BCUT2D eigenvalue weighted by Gasteiger charge is -2.15. The van der Waals surface area contributed by atoms with Crippen LogP contribution in [0.4, 0.5) is 4.79 Å². The number of aliphatic carboxylic acids is 1. The van der Waals surface area contributed by atoms with Crippen LogP contribution in [-0.4, -0.2) is 44.9 Å². The Labute approximate surface area is 122 Å². The van der Waals surface area contributed by atoms with Gasteiger partial charge in [-0.05, 0) is 12.6 Å². The third-order valence-electron chi connectivity index (χ3n) is 2.62. The minimum Gasteiger partial charge on any atom is -0.479 e. The van der Waals surface area contributed by atoms with Crippen molar-refractivity contribution in [3.63, 3.8) is 0 Å². The predicted octanol–water partition coefficient (Wildman–Crippen LogP) is -0.339. The number of benzene rings is 1. The first-order valence-electron chi connectivity index (χ1n) is 6.09. The second kappa shape index (κ2) is 7.60. The maximum Gasteiger partial charge on any atom is 0.330 e. The highest BCUT2D eigenvalue weighted by Crippen LogP contribution is 2.12. The van der Waals surface area contributed by atoms with Gasteiger partial charge >= 0.3 is 12.0 Å². The summed E-state index contributed by atoms with van der Waals surface area (Å²) in [6.45, 7) is -0.129. The third-order valence-corrected chi connectivity index (χ3v) is 3.99. The van der Waals surface area contributed by atoms with Crippen LogP contribution in [0.2, 0.25) is 0 Å². The van der Waals surface area contributed by atoms with Gasteiger partial charge in [0.2, 0.25) is 10.0 Å². The van der Waals surface area contributed by atoms with Crippen molar-refractivity contribution >= 4 is 22.0 Å². The predicted molar refractivity (Wildman–Crippen MR) is 76.2 cm³/mol. The van der Waals surface area contributed by atoms with E-state index >= 15 is 0 Å². The molecular formula is C12H17N3O5S. The molecule has 1 unspecified atom stereocenters. The van der Waals surface area contributed by atoms with Crippen LogP contribution >= 0.6 is 0 Å². The van der Waals surface area contributed by atoms with Crippen LogP contribution in [0.3, 0.4) is 0 Å². The van der Waals surface area contributed by atoms with E-state index in [0.717, 1.165) is 0 Å². The molecule has 0 radical (unpaired) electrons. The summed E-state index contributed by atoms with van der Waals surface area (Å²) < 4.78 is 24.4. The third kappa shape index (κ3) is 5.79. The first-order valence-corrected chi connectivity index (χ1v) is 7.74. The Bertz CT molecular complexity index is 588. The number of carboxylic acid groups (broad SMARTS) is 1. The number of nitrogens with one attached hydrogen (secondary N) is 3. The molecule has 0 saturated carbocycles. The molecule has 1 rings (SSSR count). The summed E-state index contributed by atoms with van der Waals surface area (Å²) >= 11 is 0. The largest absolute Gasteiger partial charge is 0.479 e. The van der Waals surface area contributed by atoms with E-state index in [2.05, 4.69) is 15.4 Å². The average molecular weight is 315 g/mol. The number of urea groups is 1. The molecule has 0 aliphatic carbocycles. The first kappa shape index (κ1) is 16.9. The van der Waals surface area contributed by atoms with Crippen LogP contribution < -0.4 is 15.4 Å². The molecule has 0 aliphatic rings. The van der Waals surface area contributed by atoms with E-state index in [0.29, 0.717) is 5.56 Å². The van der Waals surface area contributed by atoms with E-state index in [-0.39, 0.29) is 12.3 Å². The Balaban J connectivity index is 2.57. The molecule has 2 amide bonds. The molecule has 1 aromatic carbocycles. The first-order chi connectivity index (χ1) is 9.85. The molecular weight excluding hydrogens is 298 g/mol. The smallest absolute Gasteiger partial charge is 0.330 e. The van der Waals surface area contributed by atoms with Gasteiger partial charge in [-0.25, -0.2) is 22.7 Å². The molecule has 21 heavy (non-hydrogen) atoms. The Morgan fingerprint density at radius 2 is 1.86 bits per heavy atom. The molecule has 1 atom stereocenters. The monoisotopic (exact) mass is 315 g/mol. The van der Waals surface area contributed by atoms with Gasteiger partial charge in [-0.3, -0.25) is 0 Å². The number of sulfonamides is 1. The highest BCUT2D eigenvalue weighted by molar-refractivity contribution is 7.89. The van der Waals surface area contributed by atoms with Crippen molar-refractivity contribution in [2.24, 2.45) is 0 Å². The van der Waals surface area contributed by atoms with E-state index in [1.54, 1.807) is 30.3 Å². The molecule has 0 aromatic heterocycles. The Morgan fingerprint density at radius 3 is 2.38 bits per heavy atom. The number of carbonyl (C=O) groups is 2. The second-order valence-corrected chi connectivity index (χ2v) is 6.15. The van der Waals surface area contributed by atoms with Crippen molar-refractivity contribution in [1.82, 2.24) is 15.4 Å². The minimum absolute atomic E-state index is 0.129. The van der Waals surface area contributed by atoms with Crippen LogP contribution in [0.15, 0.2) is 30.3 Å². The van der Waals surface area contributed by atoms with Crippen molar-refractivity contribution in [3.05, 3.63) is 35.9 Å². The average Bonchev–Trinajstić information content (AvgIpc) is 2.45. The summed E-state index contributed by atoms with van der Waals surface area (Å²) in [4.78, 5) is 22.8. The molecule has 0 aliphatic heterocycles. The summed E-state index contributed by atoms with van der Waals surface area (Å²) in [6.07, 6.45) is 0. The Hall–Kier alpha value is -2.13. The summed E-state index contributed by atoms with van der Waals surface area (Å²) in [5, 5.41) is 13.7. The topological polar surface area (TPSA) is 125 Å². The van der Waals surface area contributed by atoms with E-state index in [4.69, 9.17) is 5.11 Å². The van der Waals surface area contributed by atoms with Crippen molar-refractivity contribution < 1.29 is 23.1 Å². The quantitative estimate of drug-likeness (QED) is 0.548. The zero-order valence-electron chi connectivity index (χ0n) is 11.4. The minimum atomic E-state index is -3.42. The molecule has 0 heterocycles. The van der Waals surface area contributed by atoms with Crippen LogP contribution in [0.25, 0.3) is 0 Å². The van der Waals surface area contributed by atoms with Crippen LogP contribution in [0.1, 0.15) is 11.6 Å². The van der Waals surface area contributed by atoms with E-state index in [9.17, 15) is 18.0 Å². The van der Waals surface area contributed by atoms with Crippen molar-refractivity contribution in [2.45, 2.75) is 6.04 Å². The number of hydrogen-bond donors (Lipinski definition) is 4. The molecule has 8 nitrogen and oxygen atoms in total. The van der Waals surface area contributed by atoms with E-state index in [1.165, 1.54) is 7.05 Å². The summed E-state index contributed by atoms with van der Waals surface area (Å²) in [6, 6.07) is 6.24. The number of amides is 2. The van der Waals surface area contributed by atoms with Gasteiger partial charge < -0.3 is 15.7 Å². The zero-order valence-corrected chi connectivity index (χ0v) is 12.2. The SMILES string of the molecule is CNS(=O)(=O)CCNC(=O)NC(C(=O)O)c1ccccc1. The van der Waals surface area contributed by atoms with Gasteiger partial charge in [0.15, 0.2) is 6.04 Å². The standard InChI is InChI=1S/C12H17N3O5S/c1-13-21(19,20)8-7-14-12(18)15-10(11(16)17)9-5-3-2-4-6-9/h2-6,10,13H,7-8H2,1H3,(H,16,17)(H2,14,15,18). The van der Waals surface area contributed by atoms with Gasteiger partial charge in [0, 0.05) is 6.54 Å². The maximum atomic E-state index is 11.6. The van der Waals surface area contributed by atoms with Crippen LogP contribution in [-0.2, 0) is 14.8 Å². The fourth-order valence-electron chi connectivity index (χ4n) is 1.52. The van der Waals surface area contributed by atoms with E-state index in [1.807, 2.05) is 0 Å². The maximum absolute atomic E-state index is 11.6. The normalized spacial score (nSPS) is 12.4. The number of hydrogen-bond acceptors (Lipinski definition) is 4. The lowest BCUT2D eigenvalue weighted by atomic mass is 10.1. The molecule has 116 valence electrons. The van der Waals surface area contributed by atoms with Gasteiger partial charge in [0.25, 0.3) is 0 Å². The summed E-state index contributed by atoms with van der Waals surface area (Å²) in [5.41, 5.74) is 0.419. The van der Waals surface area contributed by atoms with Gasteiger partial charge in [-0.2, -0.15) is 0 Å². The summed E-state index contributed by atoms with van der Waals surface area (Å²) in [5.74, 6) is -1.50. The van der Waals surface area contributed by atoms with Crippen LogP contribution in [0, 0.1) is 0 Å². The lowest BCUT2D eigenvalue weighted by molar-refractivity contribution is -0.139. The van der Waals surface area contributed by atoms with Crippen molar-refractivity contribution in [2.75, 3.05) is 19.3 Å². The molecule has 9 heteroatoms. The summed E-state index contributed by atoms with van der Waals surface area (Å²) in [7, 11) is -2.15. The Morgan fingerprint density at radius 1 is 1.24 bits per heavy atom. The number of carboxylic acids is 1. The van der Waals surface area contributed by atoms with Gasteiger partial charge in [-0.1, -0.05) is 30.3 Å². The fraction of sp³-hybridized carbons (Fsp3) is 0.333. The van der Waals surface area contributed by atoms with Gasteiger partial charge in [0.1, 0.15) is 0 Å². The molecule has 0 fully saturated rings. The highest BCUT2D eigenvalue weighted by Gasteiger charge is 2.21. The lowest BCUT2D eigenvalue weighted by Crippen LogP contribution is -2.43. The molecule has 0 saturated heterocycles. The van der Waals surface area contributed by atoms with Crippen LogP contribution in [0.5, 0.6) is 0 Å². The zero-order chi connectivity index (χ0) is 15.9. The van der Waals surface area contributed by atoms with Crippen molar-refractivity contribution in [3.8, 4) is 0 Å². The second-order valence-electron chi connectivity index (χ2n) is 4.11. The van der Waals surface area contributed by atoms with E-state index < -0.39 is 28.1 Å². The molecule has 0 bridgehead atoms. The number of rotatable bonds is 7. The molecule has 4 N–H and O–H groups in total.